The van der Waals surface area contributed by atoms with Crippen LogP contribution in [-0.4, -0.2) is 17.6 Å². The van der Waals surface area contributed by atoms with Crippen molar-refractivity contribution in [3.05, 3.63) is 42.7 Å². The average molecular weight is 385 g/mol. The standard InChI is InChI=1S/C26H44N2/c1-3-4-5-6-7-8-9-10-11-12-13-14-15-19-22-27-23-24-28(25(27)2)26-20-17-16-18-21-26/h16-18,20-21,23-25H,3-15,19,22H2,1-2H3. The van der Waals surface area contributed by atoms with Gasteiger partial charge < -0.3 is 9.80 Å². The Morgan fingerprint density at radius 1 is 0.643 bits per heavy atom. The van der Waals surface area contributed by atoms with Crippen molar-refractivity contribution in [2.75, 3.05) is 11.4 Å². The van der Waals surface area contributed by atoms with E-state index in [1.807, 2.05) is 0 Å². The molecule has 1 aromatic rings. The molecule has 2 rings (SSSR count). The Labute approximate surface area is 175 Å². The molecule has 1 unspecified atom stereocenters. The molecule has 0 N–H and O–H groups in total. The Morgan fingerprint density at radius 2 is 1.14 bits per heavy atom. The molecule has 2 heteroatoms. The van der Waals surface area contributed by atoms with Crippen LogP contribution in [0.2, 0.25) is 0 Å². The first-order valence-corrected chi connectivity index (χ1v) is 12.1. The van der Waals surface area contributed by atoms with Crippen LogP contribution in [0.4, 0.5) is 5.69 Å². The molecule has 0 amide bonds. The second kappa shape index (κ2) is 14.5. The third-order valence-corrected chi connectivity index (χ3v) is 6.13. The maximum atomic E-state index is 2.48. The van der Waals surface area contributed by atoms with Crippen LogP contribution in [0.1, 0.15) is 104 Å². The molecule has 0 spiro atoms. The van der Waals surface area contributed by atoms with E-state index in [0.717, 1.165) is 0 Å². The first-order valence-electron chi connectivity index (χ1n) is 12.1. The van der Waals surface area contributed by atoms with Crippen LogP contribution in [0, 0.1) is 0 Å². The maximum absolute atomic E-state index is 2.48. The van der Waals surface area contributed by atoms with Crippen LogP contribution < -0.4 is 4.90 Å². The van der Waals surface area contributed by atoms with Crippen LogP contribution in [-0.2, 0) is 0 Å². The lowest BCUT2D eigenvalue weighted by atomic mass is 10.0. The summed E-state index contributed by atoms with van der Waals surface area (Å²) in [7, 11) is 0. The van der Waals surface area contributed by atoms with Gasteiger partial charge in [0, 0.05) is 24.6 Å². The van der Waals surface area contributed by atoms with E-state index in [1.165, 1.54) is 102 Å². The highest BCUT2D eigenvalue weighted by molar-refractivity contribution is 5.51. The summed E-state index contributed by atoms with van der Waals surface area (Å²) < 4.78 is 0. The fourth-order valence-electron chi connectivity index (χ4n) is 4.22. The first kappa shape index (κ1) is 22.8. The molecule has 1 aliphatic heterocycles. The molecular formula is C26H44N2. The Morgan fingerprint density at radius 3 is 1.68 bits per heavy atom. The van der Waals surface area contributed by atoms with Gasteiger partial charge in [0.15, 0.2) is 0 Å². The molecule has 0 fully saturated rings. The van der Waals surface area contributed by atoms with Crippen molar-refractivity contribution in [3.8, 4) is 0 Å². The Bertz CT molecular complexity index is 510. The summed E-state index contributed by atoms with van der Waals surface area (Å²) in [4.78, 5) is 4.84. The van der Waals surface area contributed by atoms with Gasteiger partial charge in [-0.25, -0.2) is 0 Å². The summed E-state index contributed by atoms with van der Waals surface area (Å²) in [5, 5.41) is 0. The molecule has 1 aliphatic rings. The van der Waals surface area contributed by atoms with Crippen LogP contribution >= 0.6 is 0 Å². The molecule has 0 bridgehead atoms. The zero-order chi connectivity index (χ0) is 19.9. The van der Waals surface area contributed by atoms with E-state index in [1.54, 1.807) is 0 Å². The van der Waals surface area contributed by atoms with Gasteiger partial charge in [-0.3, -0.25) is 0 Å². The molecule has 0 saturated heterocycles. The highest BCUT2D eigenvalue weighted by Gasteiger charge is 2.22. The molecular weight excluding hydrogens is 340 g/mol. The highest BCUT2D eigenvalue weighted by Crippen LogP contribution is 2.24. The fourth-order valence-corrected chi connectivity index (χ4v) is 4.22. The smallest absolute Gasteiger partial charge is 0.102 e. The van der Waals surface area contributed by atoms with Crippen molar-refractivity contribution in [2.24, 2.45) is 0 Å². The number of benzene rings is 1. The predicted molar refractivity (Wildman–Crippen MR) is 125 cm³/mol. The number of hydrogen-bond acceptors (Lipinski definition) is 2. The van der Waals surface area contributed by atoms with Gasteiger partial charge in [-0.05, 0) is 25.5 Å². The van der Waals surface area contributed by atoms with Gasteiger partial charge in [0.05, 0.1) is 0 Å². The van der Waals surface area contributed by atoms with E-state index in [0.29, 0.717) is 6.17 Å². The molecule has 1 aromatic carbocycles. The summed E-state index contributed by atoms with van der Waals surface area (Å²) in [6, 6.07) is 10.7. The van der Waals surface area contributed by atoms with Gasteiger partial charge in [-0.1, -0.05) is 109 Å². The third-order valence-electron chi connectivity index (χ3n) is 6.13. The normalized spacial score (nSPS) is 16.3. The molecule has 0 aromatic heterocycles. The second-order valence-corrected chi connectivity index (χ2v) is 8.51. The molecule has 0 saturated carbocycles. The van der Waals surface area contributed by atoms with E-state index in [4.69, 9.17) is 0 Å². The van der Waals surface area contributed by atoms with E-state index >= 15 is 0 Å². The SMILES string of the molecule is CCCCCCCCCCCCCCCCN1C=CN(c2ccccc2)C1C. The number of anilines is 1. The first-order chi connectivity index (χ1) is 13.8. The number of hydrogen-bond donors (Lipinski definition) is 0. The summed E-state index contributed by atoms with van der Waals surface area (Å²) in [5.74, 6) is 0. The largest absolute Gasteiger partial charge is 0.356 e. The highest BCUT2D eigenvalue weighted by atomic mass is 15.4. The maximum Gasteiger partial charge on any atom is 0.102 e. The Balaban J connectivity index is 1.40. The lowest BCUT2D eigenvalue weighted by molar-refractivity contribution is 0.309. The summed E-state index contributed by atoms with van der Waals surface area (Å²) in [5.41, 5.74) is 1.29. The predicted octanol–water partition coefficient (Wildman–Crippen LogP) is 8.11. The van der Waals surface area contributed by atoms with Gasteiger partial charge in [-0.15, -0.1) is 0 Å². The minimum atomic E-state index is 0.435. The number of unbranched alkanes of at least 4 members (excludes halogenated alkanes) is 13. The number of para-hydroxylation sites is 1. The van der Waals surface area contributed by atoms with Crippen molar-refractivity contribution >= 4 is 5.69 Å². The molecule has 158 valence electrons. The third kappa shape index (κ3) is 8.71. The van der Waals surface area contributed by atoms with Crippen molar-refractivity contribution in [3.63, 3.8) is 0 Å². The molecule has 1 heterocycles. The van der Waals surface area contributed by atoms with E-state index in [9.17, 15) is 0 Å². The van der Waals surface area contributed by atoms with Gasteiger partial charge >= 0.3 is 0 Å². The van der Waals surface area contributed by atoms with Crippen molar-refractivity contribution in [1.82, 2.24) is 4.90 Å². The van der Waals surface area contributed by atoms with E-state index in [-0.39, 0.29) is 0 Å². The van der Waals surface area contributed by atoms with Crippen molar-refractivity contribution in [2.45, 2.75) is 110 Å². The monoisotopic (exact) mass is 384 g/mol. The van der Waals surface area contributed by atoms with Crippen molar-refractivity contribution in [1.29, 1.82) is 0 Å². The summed E-state index contributed by atoms with van der Waals surface area (Å²) in [6.45, 7) is 5.78. The fraction of sp³-hybridized carbons (Fsp3) is 0.692. The lowest BCUT2D eigenvalue weighted by Crippen LogP contribution is -2.36. The van der Waals surface area contributed by atoms with E-state index in [2.05, 4.69) is 66.4 Å². The molecule has 2 nitrogen and oxygen atoms in total. The zero-order valence-corrected chi connectivity index (χ0v) is 18.6. The molecule has 28 heavy (non-hydrogen) atoms. The lowest BCUT2D eigenvalue weighted by Gasteiger charge is -2.29. The number of nitrogens with zero attached hydrogens (tertiary/aromatic N) is 2. The van der Waals surface area contributed by atoms with Crippen molar-refractivity contribution < 1.29 is 0 Å². The van der Waals surface area contributed by atoms with Gasteiger partial charge in [-0.2, -0.15) is 0 Å². The minimum absolute atomic E-state index is 0.435. The minimum Gasteiger partial charge on any atom is -0.356 e. The molecule has 1 atom stereocenters. The quantitative estimate of drug-likeness (QED) is 0.266. The second-order valence-electron chi connectivity index (χ2n) is 8.51. The van der Waals surface area contributed by atoms with Crippen LogP contribution in [0.5, 0.6) is 0 Å². The topological polar surface area (TPSA) is 6.48 Å². The zero-order valence-electron chi connectivity index (χ0n) is 18.6. The average Bonchev–Trinajstić information content (AvgIpc) is 3.09. The van der Waals surface area contributed by atoms with Gasteiger partial charge in [0.2, 0.25) is 0 Å². The summed E-state index contributed by atoms with van der Waals surface area (Å²) in [6.07, 6.45) is 24.9. The van der Waals surface area contributed by atoms with E-state index < -0.39 is 0 Å². The molecule has 0 aliphatic carbocycles. The van der Waals surface area contributed by atoms with Crippen LogP contribution in [0.25, 0.3) is 0 Å². The molecule has 0 radical (unpaired) electrons. The van der Waals surface area contributed by atoms with Crippen LogP contribution in [0.15, 0.2) is 42.7 Å². The summed E-state index contributed by atoms with van der Waals surface area (Å²) >= 11 is 0. The van der Waals surface area contributed by atoms with Gasteiger partial charge in [0.1, 0.15) is 6.17 Å². The number of rotatable bonds is 16. The van der Waals surface area contributed by atoms with Gasteiger partial charge in [0.25, 0.3) is 0 Å². The van der Waals surface area contributed by atoms with Crippen LogP contribution in [0.3, 0.4) is 0 Å². The Hall–Kier alpha value is -1.44. The Kier molecular flexibility index (Phi) is 11.9.